The van der Waals surface area contributed by atoms with Crippen LogP contribution in [0.2, 0.25) is 0 Å². The van der Waals surface area contributed by atoms with Gasteiger partial charge in [0.05, 0.1) is 11.4 Å². The topological polar surface area (TPSA) is 54.9 Å². The van der Waals surface area contributed by atoms with Gasteiger partial charge in [0.1, 0.15) is 11.3 Å². The van der Waals surface area contributed by atoms with E-state index in [0.29, 0.717) is 17.3 Å². The molecule has 0 saturated carbocycles. The van der Waals surface area contributed by atoms with Gasteiger partial charge in [-0.25, -0.2) is 9.97 Å². The van der Waals surface area contributed by atoms with E-state index in [1.54, 1.807) is 10.5 Å². The van der Waals surface area contributed by atoms with Gasteiger partial charge in [-0.3, -0.25) is 9.20 Å². The fraction of sp³-hybridized carbons (Fsp3) is 0.318. The summed E-state index contributed by atoms with van der Waals surface area (Å²) in [6, 6.07) is 9.66. The van der Waals surface area contributed by atoms with E-state index >= 15 is 0 Å². The fourth-order valence-corrected chi connectivity index (χ4v) is 4.12. The minimum Gasteiger partial charge on any atom is -0.307 e. The first-order valence-corrected chi connectivity index (χ1v) is 9.74. The molecule has 6 nitrogen and oxygen atoms in total. The van der Waals surface area contributed by atoms with E-state index in [2.05, 4.69) is 23.0 Å². The van der Waals surface area contributed by atoms with Gasteiger partial charge in [-0.15, -0.1) is 0 Å². The van der Waals surface area contributed by atoms with Crippen LogP contribution in [0.25, 0.3) is 22.6 Å². The predicted octanol–water partition coefficient (Wildman–Crippen LogP) is 3.13. The highest BCUT2D eigenvalue weighted by atomic mass is 16.1. The summed E-state index contributed by atoms with van der Waals surface area (Å²) < 4.78 is 3.65. The van der Waals surface area contributed by atoms with Crippen molar-refractivity contribution in [3.8, 4) is 11.3 Å². The van der Waals surface area contributed by atoms with Gasteiger partial charge >= 0.3 is 0 Å². The fourth-order valence-electron chi connectivity index (χ4n) is 4.12. The lowest BCUT2D eigenvalue weighted by molar-refractivity contribution is 0.255. The summed E-state index contributed by atoms with van der Waals surface area (Å²) in [7, 11) is 2.16. The van der Waals surface area contributed by atoms with Crippen molar-refractivity contribution in [2.45, 2.75) is 25.7 Å². The number of hydrogen-bond donors (Lipinski definition) is 0. The lowest BCUT2D eigenvalue weighted by atomic mass is 9.91. The summed E-state index contributed by atoms with van der Waals surface area (Å²) in [6.45, 7) is 4.17. The van der Waals surface area contributed by atoms with Crippen LogP contribution in [0, 0.1) is 6.92 Å². The van der Waals surface area contributed by atoms with Crippen LogP contribution in [-0.2, 0) is 0 Å². The summed E-state index contributed by atoms with van der Waals surface area (Å²) >= 11 is 0. The van der Waals surface area contributed by atoms with E-state index in [1.165, 1.54) is 5.56 Å². The zero-order valence-corrected chi connectivity index (χ0v) is 16.2. The van der Waals surface area contributed by atoms with Gasteiger partial charge in [-0.05, 0) is 69.6 Å². The maximum absolute atomic E-state index is 12.8. The molecule has 4 aromatic heterocycles. The van der Waals surface area contributed by atoms with Crippen molar-refractivity contribution in [3.05, 3.63) is 70.5 Å². The molecule has 5 rings (SSSR count). The second-order valence-electron chi connectivity index (χ2n) is 7.81. The third-order valence-corrected chi connectivity index (χ3v) is 5.75. The normalized spacial score (nSPS) is 16.2. The quantitative estimate of drug-likeness (QED) is 0.542. The molecule has 1 aliphatic heterocycles. The molecule has 1 fully saturated rings. The van der Waals surface area contributed by atoms with Crippen LogP contribution in [0.4, 0.5) is 0 Å². The van der Waals surface area contributed by atoms with Gasteiger partial charge in [0.25, 0.3) is 5.56 Å². The van der Waals surface area contributed by atoms with Crippen LogP contribution in [0.5, 0.6) is 0 Å². The van der Waals surface area contributed by atoms with Gasteiger partial charge in [0.2, 0.25) is 0 Å². The Bertz CT molecular complexity index is 1230. The van der Waals surface area contributed by atoms with Crippen LogP contribution in [0.3, 0.4) is 0 Å². The molecule has 0 amide bonds. The first-order valence-electron chi connectivity index (χ1n) is 9.74. The Labute approximate surface area is 163 Å². The molecule has 142 valence electrons. The van der Waals surface area contributed by atoms with Gasteiger partial charge in [0, 0.05) is 30.2 Å². The molecule has 0 atom stereocenters. The minimum atomic E-state index is -0.0471. The predicted molar refractivity (Wildman–Crippen MR) is 110 cm³/mol. The lowest BCUT2D eigenvalue weighted by Crippen LogP contribution is -2.29. The molecule has 6 heteroatoms. The number of aromatic nitrogens is 4. The van der Waals surface area contributed by atoms with Crippen molar-refractivity contribution in [1.29, 1.82) is 0 Å². The van der Waals surface area contributed by atoms with Crippen molar-refractivity contribution in [2.75, 3.05) is 20.1 Å². The molecule has 0 aromatic carbocycles. The maximum atomic E-state index is 12.8. The minimum absolute atomic E-state index is 0.0471. The van der Waals surface area contributed by atoms with Crippen LogP contribution in [0.1, 0.15) is 30.0 Å². The monoisotopic (exact) mass is 373 g/mol. The summed E-state index contributed by atoms with van der Waals surface area (Å²) in [6.07, 6.45) is 8.17. The molecule has 0 unspecified atom stereocenters. The largest absolute Gasteiger partial charge is 0.307 e. The van der Waals surface area contributed by atoms with Crippen molar-refractivity contribution in [1.82, 2.24) is 23.7 Å². The van der Waals surface area contributed by atoms with Crippen molar-refractivity contribution >= 4 is 11.3 Å². The number of fused-ring (bicyclic) bond motifs is 2. The third kappa shape index (κ3) is 2.99. The maximum Gasteiger partial charge on any atom is 0.258 e. The number of nitrogens with zero attached hydrogens (tertiary/aromatic N) is 5. The zero-order valence-electron chi connectivity index (χ0n) is 16.2. The van der Waals surface area contributed by atoms with Crippen molar-refractivity contribution in [3.63, 3.8) is 0 Å². The smallest absolute Gasteiger partial charge is 0.258 e. The van der Waals surface area contributed by atoms with Crippen LogP contribution in [0.15, 0.2) is 53.7 Å². The van der Waals surface area contributed by atoms with Crippen LogP contribution < -0.4 is 5.56 Å². The van der Waals surface area contributed by atoms with Crippen LogP contribution in [-0.4, -0.2) is 43.8 Å². The average Bonchev–Trinajstić information content (AvgIpc) is 3.07. The summed E-state index contributed by atoms with van der Waals surface area (Å²) in [5, 5.41) is 0. The number of hydrogen-bond acceptors (Lipinski definition) is 4. The number of likely N-dealkylation sites (tertiary alicyclic amines) is 1. The molecular formula is C22H23N5O. The Morgan fingerprint density at radius 1 is 1.00 bits per heavy atom. The summed E-state index contributed by atoms with van der Waals surface area (Å²) in [5.74, 6) is 0.512. The first kappa shape index (κ1) is 17.1. The van der Waals surface area contributed by atoms with Gasteiger partial charge < -0.3 is 9.30 Å². The molecule has 0 N–H and O–H groups in total. The number of rotatable bonds is 2. The molecule has 5 heterocycles. The number of aryl methyl sites for hydroxylation is 1. The van der Waals surface area contributed by atoms with Gasteiger partial charge in [0.15, 0.2) is 0 Å². The van der Waals surface area contributed by atoms with Crippen molar-refractivity contribution < 1.29 is 0 Å². The SMILES string of the molecule is Cc1cn2ccc(-c3cc(=O)n4cc(C5CCN(C)CC5)ccc4n3)cc2n1. The van der Waals surface area contributed by atoms with Gasteiger partial charge in [-0.1, -0.05) is 6.07 Å². The lowest BCUT2D eigenvalue weighted by Gasteiger charge is -2.29. The van der Waals surface area contributed by atoms with E-state index in [0.717, 1.165) is 42.8 Å². The van der Waals surface area contributed by atoms with E-state index in [9.17, 15) is 4.79 Å². The standard InChI is InChI=1S/C22H23N5O/c1-15-13-26-10-7-17(11-21(26)23-15)19-12-22(28)27-14-18(3-4-20(27)24-19)16-5-8-25(2)9-6-16/h3-4,7,10-14,16H,5-6,8-9H2,1-2H3. The Morgan fingerprint density at radius 3 is 2.64 bits per heavy atom. The second-order valence-corrected chi connectivity index (χ2v) is 7.81. The molecule has 0 aliphatic carbocycles. The van der Waals surface area contributed by atoms with E-state index < -0.39 is 0 Å². The second kappa shape index (κ2) is 6.56. The average molecular weight is 373 g/mol. The molecule has 0 bridgehead atoms. The summed E-state index contributed by atoms with van der Waals surface area (Å²) in [4.78, 5) is 24.4. The van der Waals surface area contributed by atoms with E-state index in [-0.39, 0.29) is 5.56 Å². The van der Waals surface area contributed by atoms with Crippen LogP contribution >= 0.6 is 0 Å². The molecule has 0 radical (unpaired) electrons. The Morgan fingerprint density at radius 2 is 1.82 bits per heavy atom. The van der Waals surface area contributed by atoms with Gasteiger partial charge in [-0.2, -0.15) is 0 Å². The number of piperidine rings is 1. The Balaban J connectivity index is 1.54. The highest BCUT2D eigenvalue weighted by Gasteiger charge is 2.19. The molecular weight excluding hydrogens is 350 g/mol. The van der Waals surface area contributed by atoms with E-state index in [4.69, 9.17) is 4.98 Å². The first-order chi connectivity index (χ1) is 13.6. The Hall–Kier alpha value is -2.99. The zero-order chi connectivity index (χ0) is 19.3. The summed E-state index contributed by atoms with van der Waals surface area (Å²) in [5.41, 5.74) is 5.26. The van der Waals surface area contributed by atoms with E-state index in [1.807, 2.05) is 48.1 Å². The molecule has 1 saturated heterocycles. The Kier molecular flexibility index (Phi) is 4.02. The molecule has 28 heavy (non-hydrogen) atoms. The molecule has 1 aliphatic rings. The molecule has 4 aromatic rings. The number of imidazole rings is 1. The highest BCUT2D eigenvalue weighted by molar-refractivity contribution is 5.65. The van der Waals surface area contributed by atoms with Crippen molar-refractivity contribution in [2.24, 2.45) is 0 Å². The number of pyridine rings is 2. The third-order valence-electron chi connectivity index (χ3n) is 5.75. The highest BCUT2D eigenvalue weighted by Crippen LogP contribution is 2.27. The molecule has 0 spiro atoms.